The zero-order valence-electron chi connectivity index (χ0n) is 26.3. The Morgan fingerprint density at radius 2 is 0.959 bits per heavy atom. The molecule has 228 valence electrons. The first-order valence-electron chi connectivity index (χ1n) is 16.4. The molecule has 4 heteroatoms. The van der Waals surface area contributed by atoms with Crippen LogP contribution in [-0.4, -0.2) is 15.0 Å². The second kappa shape index (κ2) is 11.0. The van der Waals surface area contributed by atoms with Crippen LogP contribution < -0.4 is 0 Å². The molecule has 10 aromatic rings. The first kappa shape index (κ1) is 27.5. The van der Waals surface area contributed by atoms with Crippen LogP contribution in [0.5, 0.6) is 0 Å². The van der Waals surface area contributed by atoms with Crippen molar-refractivity contribution in [2.75, 3.05) is 0 Å². The average Bonchev–Trinajstić information content (AvgIpc) is 3.56. The summed E-state index contributed by atoms with van der Waals surface area (Å²) in [6.07, 6.45) is 0. The van der Waals surface area contributed by atoms with Crippen molar-refractivity contribution in [3.63, 3.8) is 0 Å². The minimum Gasteiger partial charge on any atom is -0.456 e. The number of furan rings is 1. The van der Waals surface area contributed by atoms with E-state index in [4.69, 9.17) is 19.4 Å². The summed E-state index contributed by atoms with van der Waals surface area (Å²) in [6.45, 7) is 0. The van der Waals surface area contributed by atoms with Gasteiger partial charge >= 0.3 is 0 Å². The minimum absolute atomic E-state index is 0.609. The average molecular weight is 626 g/mol. The van der Waals surface area contributed by atoms with Crippen LogP contribution >= 0.6 is 0 Å². The molecule has 0 atom stereocenters. The van der Waals surface area contributed by atoms with Gasteiger partial charge in [-0.1, -0.05) is 133 Å². The van der Waals surface area contributed by atoms with Crippen molar-refractivity contribution in [2.45, 2.75) is 0 Å². The molecule has 0 aliphatic rings. The summed E-state index contributed by atoms with van der Waals surface area (Å²) in [5.74, 6) is 1.86. The van der Waals surface area contributed by atoms with Gasteiger partial charge in [-0.25, -0.2) is 15.0 Å². The van der Waals surface area contributed by atoms with Crippen LogP contribution in [0.3, 0.4) is 0 Å². The third kappa shape index (κ3) is 4.57. The largest absolute Gasteiger partial charge is 0.456 e. The van der Waals surface area contributed by atoms with E-state index in [1.54, 1.807) is 0 Å². The Labute approximate surface area is 282 Å². The van der Waals surface area contributed by atoms with E-state index < -0.39 is 0 Å². The quantitative estimate of drug-likeness (QED) is 0.183. The van der Waals surface area contributed by atoms with E-state index in [2.05, 4.69) is 115 Å². The number of aromatic nitrogens is 3. The summed E-state index contributed by atoms with van der Waals surface area (Å²) in [7, 11) is 0. The van der Waals surface area contributed by atoms with Gasteiger partial charge in [0.1, 0.15) is 11.2 Å². The number of fused-ring (bicyclic) bond motifs is 7. The topological polar surface area (TPSA) is 51.8 Å². The maximum absolute atomic E-state index is 6.40. The number of para-hydroxylation sites is 1. The standard InChI is InChI=1S/C45H27N3O/c1-2-12-31(13-3-1)43-46-44(34-23-21-30-20-19-29-11-6-7-15-35(29)38(30)27-34)48-45(47-43)37-24-25-40-42(36-16-8-9-17-39(36)49-40)41(37)33-22-18-28-10-4-5-14-32(28)26-33/h1-27H. The lowest BCUT2D eigenvalue weighted by molar-refractivity contribution is 0.669. The molecule has 2 heterocycles. The minimum atomic E-state index is 0.609. The lowest BCUT2D eigenvalue weighted by Gasteiger charge is -2.14. The van der Waals surface area contributed by atoms with Gasteiger partial charge in [0.15, 0.2) is 17.5 Å². The van der Waals surface area contributed by atoms with Crippen molar-refractivity contribution >= 4 is 54.3 Å². The van der Waals surface area contributed by atoms with Gasteiger partial charge in [0.2, 0.25) is 0 Å². The first-order chi connectivity index (χ1) is 24.3. The highest BCUT2D eigenvalue weighted by molar-refractivity contribution is 6.16. The summed E-state index contributed by atoms with van der Waals surface area (Å²) in [6, 6.07) is 56.9. The van der Waals surface area contributed by atoms with Crippen LogP contribution in [0.1, 0.15) is 0 Å². The smallest absolute Gasteiger partial charge is 0.164 e. The molecule has 49 heavy (non-hydrogen) atoms. The van der Waals surface area contributed by atoms with Crippen molar-refractivity contribution in [1.29, 1.82) is 0 Å². The molecule has 0 unspecified atom stereocenters. The zero-order chi connectivity index (χ0) is 32.3. The van der Waals surface area contributed by atoms with E-state index >= 15 is 0 Å². The zero-order valence-corrected chi connectivity index (χ0v) is 26.3. The van der Waals surface area contributed by atoms with Gasteiger partial charge in [-0.3, -0.25) is 0 Å². The predicted molar refractivity (Wildman–Crippen MR) is 201 cm³/mol. The third-order valence-corrected chi connectivity index (χ3v) is 9.49. The van der Waals surface area contributed by atoms with E-state index in [-0.39, 0.29) is 0 Å². The number of benzene rings is 8. The van der Waals surface area contributed by atoms with Gasteiger partial charge in [-0.15, -0.1) is 0 Å². The van der Waals surface area contributed by atoms with Crippen LogP contribution in [0, 0.1) is 0 Å². The SMILES string of the molecule is c1ccc(-c2nc(-c3ccc4ccc5ccccc5c4c3)nc(-c3ccc4oc5ccccc5c4c3-c3ccc4ccccc4c3)n2)cc1. The van der Waals surface area contributed by atoms with Crippen LogP contribution in [0.15, 0.2) is 168 Å². The van der Waals surface area contributed by atoms with Crippen LogP contribution in [-0.2, 0) is 0 Å². The molecule has 2 aromatic heterocycles. The van der Waals surface area contributed by atoms with E-state index in [0.717, 1.165) is 49.8 Å². The van der Waals surface area contributed by atoms with Gasteiger partial charge in [0.05, 0.1) is 0 Å². The molecule has 0 aliphatic heterocycles. The molecule has 0 bridgehead atoms. The monoisotopic (exact) mass is 625 g/mol. The molecule has 0 N–H and O–H groups in total. The fraction of sp³-hybridized carbons (Fsp3) is 0. The molecular formula is C45H27N3O. The fourth-order valence-corrected chi connectivity index (χ4v) is 7.13. The maximum atomic E-state index is 6.40. The molecule has 0 saturated carbocycles. The lowest BCUT2D eigenvalue weighted by Crippen LogP contribution is -2.01. The summed E-state index contributed by atoms with van der Waals surface area (Å²) in [5.41, 5.74) is 6.57. The number of hydrogen-bond donors (Lipinski definition) is 0. The second-order valence-electron chi connectivity index (χ2n) is 12.4. The molecular weight excluding hydrogens is 599 g/mol. The number of rotatable bonds is 4. The molecule has 0 spiro atoms. The van der Waals surface area contributed by atoms with Gasteiger partial charge in [-0.05, 0) is 68.2 Å². The summed E-state index contributed by atoms with van der Waals surface area (Å²) in [5, 5.41) is 9.21. The van der Waals surface area contributed by atoms with Gasteiger partial charge in [0.25, 0.3) is 0 Å². The normalized spacial score (nSPS) is 11.7. The molecule has 0 fully saturated rings. The number of nitrogens with zero attached hydrogens (tertiary/aromatic N) is 3. The van der Waals surface area contributed by atoms with Crippen molar-refractivity contribution in [2.24, 2.45) is 0 Å². The Bertz CT molecular complexity index is 2890. The summed E-state index contributed by atoms with van der Waals surface area (Å²) in [4.78, 5) is 15.5. The van der Waals surface area contributed by atoms with Crippen LogP contribution in [0.4, 0.5) is 0 Å². The fourth-order valence-electron chi connectivity index (χ4n) is 7.13. The number of hydrogen-bond acceptors (Lipinski definition) is 4. The first-order valence-corrected chi connectivity index (χ1v) is 16.4. The summed E-state index contributed by atoms with van der Waals surface area (Å²) >= 11 is 0. The van der Waals surface area contributed by atoms with E-state index in [1.165, 1.54) is 32.3 Å². The highest BCUT2D eigenvalue weighted by Crippen LogP contribution is 2.43. The molecule has 0 amide bonds. The predicted octanol–water partition coefficient (Wildman–Crippen LogP) is 11.9. The molecule has 8 aromatic carbocycles. The van der Waals surface area contributed by atoms with Gasteiger partial charge < -0.3 is 4.42 Å². The van der Waals surface area contributed by atoms with Crippen LogP contribution in [0.2, 0.25) is 0 Å². The lowest BCUT2D eigenvalue weighted by atomic mass is 9.92. The van der Waals surface area contributed by atoms with Gasteiger partial charge in [0, 0.05) is 33.0 Å². The van der Waals surface area contributed by atoms with E-state index in [0.29, 0.717) is 17.5 Å². The van der Waals surface area contributed by atoms with Gasteiger partial charge in [-0.2, -0.15) is 0 Å². The molecule has 4 nitrogen and oxygen atoms in total. The second-order valence-corrected chi connectivity index (χ2v) is 12.4. The van der Waals surface area contributed by atoms with E-state index in [1.807, 2.05) is 48.5 Å². The van der Waals surface area contributed by atoms with Crippen molar-refractivity contribution in [3.05, 3.63) is 164 Å². The Morgan fingerprint density at radius 3 is 1.82 bits per heavy atom. The maximum Gasteiger partial charge on any atom is 0.164 e. The molecule has 0 aliphatic carbocycles. The third-order valence-electron chi connectivity index (χ3n) is 9.49. The molecule has 0 radical (unpaired) electrons. The Balaban J connectivity index is 1.27. The Morgan fingerprint density at radius 1 is 0.347 bits per heavy atom. The van der Waals surface area contributed by atoms with Crippen molar-refractivity contribution < 1.29 is 4.42 Å². The molecule has 0 saturated heterocycles. The summed E-state index contributed by atoms with van der Waals surface area (Å²) < 4.78 is 6.40. The Kier molecular flexibility index (Phi) is 6.15. The highest BCUT2D eigenvalue weighted by atomic mass is 16.3. The molecule has 10 rings (SSSR count). The van der Waals surface area contributed by atoms with E-state index in [9.17, 15) is 0 Å². The van der Waals surface area contributed by atoms with Crippen LogP contribution in [0.25, 0.3) is 99.5 Å². The van der Waals surface area contributed by atoms with Crippen molar-refractivity contribution in [1.82, 2.24) is 15.0 Å². The Hall–Kier alpha value is -6.65. The van der Waals surface area contributed by atoms with Crippen molar-refractivity contribution in [3.8, 4) is 45.3 Å². The highest BCUT2D eigenvalue weighted by Gasteiger charge is 2.21.